The van der Waals surface area contributed by atoms with E-state index in [1.165, 1.54) is 151 Å². The summed E-state index contributed by atoms with van der Waals surface area (Å²) >= 11 is 0. The molecular formula is C83H128O15. The highest BCUT2D eigenvalue weighted by atomic mass is 16.6. The van der Waals surface area contributed by atoms with Crippen molar-refractivity contribution >= 4 is 53.7 Å². The number of rotatable bonds is 9. The average Bonchev–Trinajstić information content (AvgIpc) is 1.55. The molecule has 16 saturated carbocycles. The largest absolute Gasteiger partial charge is 0.459 e. The lowest BCUT2D eigenvalue weighted by Gasteiger charge is -2.44. The quantitative estimate of drug-likeness (QED) is 0.119. The summed E-state index contributed by atoms with van der Waals surface area (Å²) in [4.78, 5) is 99.2. The molecule has 16 aliphatic rings. The monoisotopic (exact) mass is 1360 g/mol. The topological polar surface area (TPSA) is 209 Å². The maximum atomic E-state index is 13.5. The van der Waals surface area contributed by atoms with Gasteiger partial charge >= 0.3 is 53.7 Å². The SMILES string of the molecule is CC(=O)OC(C)=O.CC(=O)OC(C)=O.CC(=O)OC(C)=O.CC1CC(C)C2C3CC(CC3C(=O)OC3(C(C)C)CC4CCC3C4)C12.CCC1(OC(=O)C2(C)CC3CC2C2C(C)CC(C)C32)CC2CCC1C2.CCC1(OC(=O)C2CC3CC2C2C(C)CC(C)C32)CC2CC1C1CCCC21. The van der Waals surface area contributed by atoms with Gasteiger partial charge in [0.15, 0.2) is 0 Å². The Labute approximate surface area is 588 Å². The van der Waals surface area contributed by atoms with Crippen molar-refractivity contribution in [1.29, 1.82) is 0 Å². The summed E-state index contributed by atoms with van der Waals surface area (Å²) in [5.74, 6) is 18.8. The number of esters is 9. The molecule has 0 N–H and O–H groups in total. The number of ether oxygens (including phenoxy) is 6. The Morgan fingerprint density at radius 3 is 1.22 bits per heavy atom. The summed E-state index contributed by atoms with van der Waals surface area (Å²) in [7, 11) is 0. The van der Waals surface area contributed by atoms with Crippen LogP contribution in [-0.4, -0.2) is 70.5 Å². The number of hydrogen-bond donors (Lipinski definition) is 0. The minimum Gasteiger partial charge on any atom is -0.459 e. The van der Waals surface area contributed by atoms with Crippen molar-refractivity contribution in [1.82, 2.24) is 0 Å². The van der Waals surface area contributed by atoms with E-state index in [1.54, 1.807) is 0 Å². The molecule has 16 rings (SSSR count). The van der Waals surface area contributed by atoms with Gasteiger partial charge in [-0.2, -0.15) is 0 Å². The number of hydrogen-bond acceptors (Lipinski definition) is 15. The molecular weight excluding hydrogens is 1240 g/mol. The van der Waals surface area contributed by atoms with Gasteiger partial charge in [-0.05, 0) is 308 Å². The van der Waals surface area contributed by atoms with E-state index < -0.39 is 35.8 Å². The van der Waals surface area contributed by atoms with E-state index in [1.807, 2.05) is 0 Å². The van der Waals surface area contributed by atoms with Gasteiger partial charge in [-0.3, -0.25) is 43.2 Å². The Morgan fingerprint density at radius 1 is 0.378 bits per heavy atom. The molecule has 0 heterocycles. The van der Waals surface area contributed by atoms with Gasteiger partial charge in [-0.25, -0.2) is 0 Å². The predicted molar refractivity (Wildman–Crippen MR) is 371 cm³/mol. The van der Waals surface area contributed by atoms with E-state index in [0.717, 1.165) is 163 Å². The Hall–Kier alpha value is -4.17. The smallest absolute Gasteiger partial charge is 0.312 e. The van der Waals surface area contributed by atoms with Crippen LogP contribution in [0, 0.1) is 177 Å². The van der Waals surface area contributed by atoms with E-state index in [2.05, 4.69) is 90.4 Å². The first kappa shape index (κ1) is 75.0. The lowest BCUT2D eigenvalue weighted by molar-refractivity contribution is -0.184. The van der Waals surface area contributed by atoms with E-state index in [0.29, 0.717) is 41.4 Å². The van der Waals surface area contributed by atoms with Gasteiger partial charge in [0.1, 0.15) is 16.8 Å². The van der Waals surface area contributed by atoms with Crippen LogP contribution in [0.15, 0.2) is 0 Å². The summed E-state index contributed by atoms with van der Waals surface area (Å²) in [6.45, 7) is 33.2. The molecule has 15 heteroatoms. The van der Waals surface area contributed by atoms with Crippen LogP contribution in [0.5, 0.6) is 0 Å². The summed E-state index contributed by atoms with van der Waals surface area (Å²) in [6, 6.07) is 0. The summed E-state index contributed by atoms with van der Waals surface area (Å²) < 4.78 is 31.5. The zero-order valence-corrected chi connectivity index (χ0v) is 63.3. The van der Waals surface area contributed by atoms with Crippen molar-refractivity contribution in [2.75, 3.05) is 0 Å². The molecule has 15 nitrogen and oxygen atoms in total. The molecule has 32 unspecified atom stereocenters. The Bertz CT molecular complexity index is 2890. The third-order valence-electron chi connectivity index (χ3n) is 31.3. The molecule has 12 bridgehead atoms. The minimum absolute atomic E-state index is 0.0942. The molecule has 32 atom stereocenters. The molecule has 0 aromatic carbocycles. The average molecular weight is 1370 g/mol. The van der Waals surface area contributed by atoms with Gasteiger partial charge < -0.3 is 28.4 Å². The summed E-state index contributed by atoms with van der Waals surface area (Å²) in [5, 5.41) is 0. The van der Waals surface area contributed by atoms with E-state index in [9.17, 15) is 43.2 Å². The van der Waals surface area contributed by atoms with Crippen LogP contribution in [-0.2, 0) is 71.6 Å². The molecule has 0 aliphatic heterocycles. The van der Waals surface area contributed by atoms with Crippen molar-refractivity contribution < 1.29 is 71.6 Å². The molecule has 0 aromatic rings. The van der Waals surface area contributed by atoms with Crippen LogP contribution < -0.4 is 0 Å². The van der Waals surface area contributed by atoms with Gasteiger partial charge in [0, 0.05) is 47.5 Å². The van der Waals surface area contributed by atoms with Crippen molar-refractivity contribution in [3.05, 3.63) is 0 Å². The van der Waals surface area contributed by atoms with Gasteiger partial charge in [0.2, 0.25) is 0 Å². The first-order valence-electron chi connectivity index (χ1n) is 39.9. The second-order valence-electron chi connectivity index (χ2n) is 36.9. The molecule has 0 saturated heterocycles. The highest BCUT2D eigenvalue weighted by Crippen LogP contribution is 2.71. The van der Waals surface area contributed by atoms with Crippen LogP contribution in [0.2, 0.25) is 0 Å². The first-order chi connectivity index (χ1) is 46.2. The molecule has 16 fully saturated rings. The fourth-order valence-electron chi connectivity index (χ4n) is 28.7. The van der Waals surface area contributed by atoms with Gasteiger partial charge in [0.05, 0.1) is 17.3 Å². The fourth-order valence-corrected chi connectivity index (χ4v) is 28.7. The molecule has 16 aliphatic carbocycles. The Balaban J connectivity index is 0.000000130. The van der Waals surface area contributed by atoms with E-state index in [4.69, 9.17) is 14.2 Å². The highest BCUT2D eigenvalue weighted by Gasteiger charge is 2.69. The van der Waals surface area contributed by atoms with E-state index >= 15 is 0 Å². The van der Waals surface area contributed by atoms with Crippen molar-refractivity contribution in [2.45, 2.75) is 289 Å². The number of carbonyl (C=O) groups excluding carboxylic acids is 9. The predicted octanol–water partition coefficient (Wildman–Crippen LogP) is 16.7. The van der Waals surface area contributed by atoms with Crippen LogP contribution in [0.25, 0.3) is 0 Å². The summed E-state index contributed by atoms with van der Waals surface area (Å²) in [5.41, 5.74) is -0.536. The molecule has 0 amide bonds. The van der Waals surface area contributed by atoms with Crippen LogP contribution in [0.4, 0.5) is 0 Å². The highest BCUT2D eigenvalue weighted by molar-refractivity contribution is 5.83. The first-order valence-corrected chi connectivity index (χ1v) is 39.9. The zero-order chi connectivity index (χ0) is 71.2. The number of carbonyl (C=O) groups is 9. The third-order valence-corrected chi connectivity index (χ3v) is 31.3. The standard InChI is InChI=1S/C25H38O2.2C23H36O2.3C4H6O3/c1-4-25(12-16-11-21(25)18-7-5-6-17(16)18)27-24(26)20-10-15-9-19(20)23-14(3)8-13(2)22(15)23;1-12(2)23(11-15-5-6-17(23)8-15)25-22(24)19-10-16-9-18(19)21-14(4)7-13(3)20(16)21;1-5-23(11-15-6-7-17(23)9-15)25-21(24)22(4)12-16-10-18(22)20-14(3)8-13(2)19(16)20;3*1-3(5)7-4(2)6/h13-23H,4-12H2,1-3H3;12-21H,5-11H2,1-4H3;13-20H,5-12H2,1-4H3;3*1-2H3. The minimum atomic E-state index is -0.562. The van der Waals surface area contributed by atoms with Crippen LogP contribution >= 0.6 is 0 Å². The molecule has 0 radical (unpaired) electrons. The lowest BCUT2D eigenvalue weighted by atomic mass is 9.64. The van der Waals surface area contributed by atoms with Crippen molar-refractivity contribution in [3.63, 3.8) is 0 Å². The van der Waals surface area contributed by atoms with Gasteiger partial charge in [0.25, 0.3) is 0 Å². The van der Waals surface area contributed by atoms with Crippen LogP contribution in [0.1, 0.15) is 272 Å². The van der Waals surface area contributed by atoms with Crippen LogP contribution in [0.3, 0.4) is 0 Å². The molecule has 98 heavy (non-hydrogen) atoms. The maximum Gasteiger partial charge on any atom is 0.312 e. The Morgan fingerprint density at radius 2 is 0.806 bits per heavy atom. The summed E-state index contributed by atoms with van der Waals surface area (Å²) in [6.07, 6.45) is 30.5. The van der Waals surface area contributed by atoms with Crippen molar-refractivity contribution in [3.8, 4) is 0 Å². The number of fused-ring (bicyclic) bond motifs is 24. The van der Waals surface area contributed by atoms with E-state index in [-0.39, 0.29) is 52.0 Å². The second-order valence-corrected chi connectivity index (χ2v) is 36.9. The van der Waals surface area contributed by atoms with Gasteiger partial charge in [-0.15, -0.1) is 0 Å². The lowest BCUT2D eigenvalue weighted by Crippen LogP contribution is -2.48. The third kappa shape index (κ3) is 14.0. The maximum absolute atomic E-state index is 13.5. The Kier molecular flexibility index (Phi) is 22.3. The zero-order valence-electron chi connectivity index (χ0n) is 63.3. The normalized spacial score (nSPS) is 47.4. The molecule has 0 spiro atoms. The van der Waals surface area contributed by atoms with Crippen molar-refractivity contribution in [2.24, 2.45) is 177 Å². The molecule has 0 aromatic heterocycles. The van der Waals surface area contributed by atoms with Gasteiger partial charge in [-0.1, -0.05) is 75.7 Å². The fraction of sp³-hybridized carbons (Fsp3) is 0.892. The second kappa shape index (κ2) is 29.2. The molecule has 550 valence electrons.